The second kappa shape index (κ2) is 13.0. The highest BCUT2D eigenvalue weighted by Gasteiger charge is 2.45. The summed E-state index contributed by atoms with van der Waals surface area (Å²) >= 11 is 3.37. The van der Waals surface area contributed by atoms with Crippen molar-refractivity contribution in [3.8, 4) is 0 Å². The van der Waals surface area contributed by atoms with Crippen LogP contribution in [0.1, 0.15) is 61.3 Å². The molecule has 0 fully saturated rings. The lowest BCUT2D eigenvalue weighted by Gasteiger charge is -2.40. The van der Waals surface area contributed by atoms with Gasteiger partial charge in [-0.25, -0.2) is 9.80 Å². The van der Waals surface area contributed by atoms with Gasteiger partial charge < -0.3 is 4.74 Å². The van der Waals surface area contributed by atoms with Crippen LogP contribution in [0.3, 0.4) is 0 Å². The fourth-order valence-corrected chi connectivity index (χ4v) is 3.90. The van der Waals surface area contributed by atoms with Crippen LogP contribution in [0.5, 0.6) is 0 Å². The average Bonchev–Trinajstić information content (AvgIpc) is 2.84. The third-order valence-corrected chi connectivity index (χ3v) is 6.19. The lowest BCUT2D eigenvalue weighted by atomic mass is 9.77. The van der Waals surface area contributed by atoms with Gasteiger partial charge in [-0.2, -0.15) is 0 Å². The molecule has 0 aromatic heterocycles. The number of carbonyl (C=O) groups is 3. The number of benzene rings is 2. The van der Waals surface area contributed by atoms with E-state index in [1.807, 2.05) is 20.8 Å². The average molecular weight is 541 g/mol. The molecule has 0 unspecified atom stereocenters. The van der Waals surface area contributed by atoms with Crippen LogP contribution < -0.4 is 5.43 Å². The van der Waals surface area contributed by atoms with E-state index in [9.17, 15) is 14.4 Å². The van der Waals surface area contributed by atoms with Crippen LogP contribution in [0, 0.1) is 5.41 Å². The fraction of sp³-hybridized carbons (Fsp3) is 0.321. The van der Waals surface area contributed by atoms with Gasteiger partial charge in [-0.05, 0) is 70.0 Å². The molecule has 0 heterocycles. The van der Waals surface area contributed by atoms with Gasteiger partial charge in [0.1, 0.15) is 0 Å². The summed E-state index contributed by atoms with van der Waals surface area (Å²) in [5.41, 5.74) is 3.61. The summed E-state index contributed by atoms with van der Waals surface area (Å²) in [7, 11) is 0. The van der Waals surface area contributed by atoms with E-state index in [2.05, 4.69) is 34.0 Å². The van der Waals surface area contributed by atoms with Crippen LogP contribution in [0.2, 0.25) is 0 Å². The van der Waals surface area contributed by atoms with Crippen molar-refractivity contribution in [2.24, 2.45) is 5.41 Å². The van der Waals surface area contributed by atoms with Gasteiger partial charge in [-0.1, -0.05) is 58.8 Å². The Labute approximate surface area is 216 Å². The van der Waals surface area contributed by atoms with Crippen LogP contribution in [-0.4, -0.2) is 35.4 Å². The van der Waals surface area contributed by atoms with Gasteiger partial charge in [-0.3, -0.25) is 15.0 Å². The van der Waals surface area contributed by atoms with Crippen LogP contribution in [0.4, 0.5) is 0 Å². The Morgan fingerprint density at radius 3 is 2.26 bits per heavy atom. The first-order valence-electron chi connectivity index (χ1n) is 11.5. The maximum absolute atomic E-state index is 13.8. The van der Waals surface area contributed by atoms with Gasteiger partial charge >= 0.3 is 5.97 Å². The zero-order chi connectivity index (χ0) is 26.0. The molecular weight excluding hydrogens is 508 g/mol. The summed E-state index contributed by atoms with van der Waals surface area (Å²) < 4.78 is 6.20. The van der Waals surface area contributed by atoms with Gasteiger partial charge in [0, 0.05) is 21.0 Å². The molecule has 0 aliphatic heterocycles. The van der Waals surface area contributed by atoms with E-state index < -0.39 is 29.2 Å². The maximum Gasteiger partial charge on any atom is 0.331 e. The SMILES string of the molecule is C=C[C@](C)(CCC=C(C)C)[C@H](C(=O)OCC)N(NC(=O)c1ccccc1)C(=O)c1ccc(Br)cc1. The molecule has 0 aliphatic carbocycles. The molecule has 0 saturated carbocycles. The number of hydrogen-bond donors (Lipinski definition) is 1. The highest BCUT2D eigenvalue weighted by atomic mass is 79.9. The summed E-state index contributed by atoms with van der Waals surface area (Å²) in [5, 5.41) is 1.10. The molecule has 186 valence electrons. The summed E-state index contributed by atoms with van der Waals surface area (Å²) in [4.78, 5) is 40.3. The van der Waals surface area contributed by atoms with Crippen molar-refractivity contribution in [3.05, 3.63) is 94.5 Å². The second-order valence-electron chi connectivity index (χ2n) is 8.67. The Bertz CT molecular complexity index is 1060. The van der Waals surface area contributed by atoms with Crippen molar-refractivity contribution >= 4 is 33.7 Å². The number of nitrogens with one attached hydrogen (secondary N) is 1. The number of hydrogen-bond acceptors (Lipinski definition) is 4. The molecular formula is C28H33BrN2O4. The van der Waals surface area contributed by atoms with Gasteiger partial charge in [0.2, 0.25) is 0 Å². The van der Waals surface area contributed by atoms with E-state index in [0.717, 1.165) is 15.1 Å². The zero-order valence-corrected chi connectivity index (χ0v) is 22.3. The third kappa shape index (κ3) is 7.65. The molecule has 1 N–H and O–H groups in total. The largest absolute Gasteiger partial charge is 0.464 e. The molecule has 0 spiro atoms. The number of halogens is 1. The van der Waals surface area contributed by atoms with E-state index in [-0.39, 0.29) is 6.61 Å². The third-order valence-electron chi connectivity index (χ3n) is 5.66. The molecule has 2 amide bonds. The van der Waals surface area contributed by atoms with Crippen molar-refractivity contribution in [3.63, 3.8) is 0 Å². The molecule has 0 bridgehead atoms. The number of amides is 2. The number of hydrazine groups is 1. The summed E-state index contributed by atoms with van der Waals surface area (Å²) in [6.07, 6.45) is 4.89. The number of ether oxygens (including phenoxy) is 1. The molecule has 0 saturated heterocycles. The molecule has 35 heavy (non-hydrogen) atoms. The normalized spacial score (nSPS) is 13.1. The first-order valence-corrected chi connectivity index (χ1v) is 12.3. The number of carbonyl (C=O) groups excluding carboxylic acids is 3. The van der Waals surface area contributed by atoms with Crippen LogP contribution in [0.25, 0.3) is 0 Å². The fourth-order valence-electron chi connectivity index (χ4n) is 3.64. The number of rotatable bonds is 10. The minimum atomic E-state index is -1.14. The monoisotopic (exact) mass is 540 g/mol. The molecule has 7 heteroatoms. The van der Waals surface area contributed by atoms with Gasteiger partial charge in [0.05, 0.1) is 6.61 Å². The maximum atomic E-state index is 13.8. The first-order chi connectivity index (χ1) is 16.6. The Balaban J connectivity index is 2.59. The van der Waals surface area contributed by atoms with E-state index in [4.69, 9.17) is 4.74 Å². The van der Waals surface area contributed by atoms with Crippen LogP contribution >= 0.6 is 15.9 Å². The van der Waals surface area contributed by atoms with Crippen molar-refractivity contribution in [1.82, 2.24) is 10.4 Å². The molecule has 0 radical (unpaired) electrons. The van der Waals surface area contributed by atoms with Crippen molar-refractivity contribution in [2.75, 3.05) is 6.61 Å². The van der Waals surface area contributed by atoms with E-state index in [0.29, 0.717) is 24.0 Å². The van der Waals surface area contributed by atoms with Crippen LogP contribution in [-0.2, 0) is 9.53 Å². The lowest BCUT2D eigenvalue weighted by molar-refractivity contribution is -0.153. The quantitative estimate of drug-likeness (QED) is 0.224. The number of allylic oxidation sites excluding steroid dienone is 2. The second-order valence-corrected chi connectivity index (χ2v) is 9.59. The first kappa shape index (κ1) is 28.1. The minimum absolute atomic E-state index is 0.128. The van der Waals surface area contributed by atoms with E-state index in [1.54, 1.807) is 67.6 Å². The highest BCUT2D eigenvalue weighted by molar-refractivity contribution is 9.10. The summed E-state index contributed by atoms with van der Waals surface area (Å²) in [6, 6.07) is 14.1. The molecule has 2 atom stereocenters. The number of esters is 1. The summed E-state index contributed by atoms with van der Waals surface area (Å²) in [6.45, 7) is 11.6. The van der Waals surface area contributed by atoms with E-state index >= 15 is 0 Å². The standard InChI is InChI=1S/C28H33BrN2O4/c1-6-28(5,19-11-12-20(3)4)24(27(34)35-7-2)31(26(33)22-15-17-23(29)18-16-22)30-25(32)21-13-9-8-10-14-21/h6,8-10,12-18,24H,1,7,11,19H2,2-5H3,(H,30,32)/t24-,28+/m0/s1. The predicted molar refractivity (Wildman–Crippen MR) is 142 cm³/mol. The summed E-state index contributed by atoms with van der Waals surface area (Å²) in [5.74, 6) is -1.66. The number of nitrogens with zero attached hydrogens (tertiary/aromatic N) is 1. The van der Waals surface area contributed by atoms with Gasteiger partial charge in [0.25, 0.3) is 11.8 Å². The molecule has 6 nitrogen and oxygen atoms in total. The zero-order valence-electron chi connectivity index (χ0n) is 20.7. The van der Waals surface area contributed by atoms with Gasteiger partial charge in [-0.15, -0.1) is 6.58 Å². The topological polar surface area (TPSA) is 75.7 Å². The molecule has 2 rings (SSSR count). The lowest BCUT2D eigenvalue weighted by Crippen LogP contribution is -2.60. The Morgan fingerprint density at radius 2 is 1.71 bits per heavy atom. The van der Waals surface area contributed by atoms with E-state index in [1.165, 1.54) is 0 Å². The van der Waals surface area contributed by atoms with Crippen molar-refractivity contribution in [1.29, 1.82) is 0 Å². The smallest absolute Gasteiger partial charge is 0.331 e. The molecule has 2 aromatic carbocycles. The Hall–Kier alpha value is -3.19. The Kier molecular flexibility index (Phi) is 10.5. The van der Waals surface area contributed by atoms with Crippen LogP contribution in [0.15, 0.2) is 83.4 Å². The molecule has 0 aliphatic rings. The van der Waals surface area contributed by atoms with Gasteiger partial charge in [0.15, 0.2) is 6.04 Å². The van der Waals surface area contributed by atoms with Crippen molar-refractivity contribution in [2.45, 2.75) is 46.6 Å². The molecule has 2 aromatic rings. The van der Waals surface area contributed by atoms with Crippen molar-refractivity contribution < 1.29 is 19.1 Å². The Morgan fingerprint density at radius 1 is 1.09 bits per heavy atom. The minimum Gasteiger partial charge on any atom is -0.464 e. The predicted octanol–water partition coefficient (Wildman–Crippen LogP) is 6.11. The highest BCUT2D eigenvalue weighted by Crippen LogP contribution is 2.34.